The summed E-state index contributed by atoms with van der Waals surface area (Å²) in [5, 5.41) is 4.31. The monoisotopic (exact) mass is 382 g/mol. The lowest BCUT2D eigenvalue weighted by Gasteiger charge is -2.09. The quantitative estimate of drug-likeness (QED) is 0.617. The molecule has 1 amide bonds. The van der Waals surface area contributed by atoms with Crippen LogP contribution in [0.15, 0.2) is 46.0 Å². The number of rotatable bonds is 10. The number of benzene rings is 1. The predicted molar refractivity (Wildman–Crippen MR) is 98.4 cm³/mol. The molecule has 6 nitrogen and oxygen atoms in total. The third-order valence-electron chi connectivity index (χ3n) is 3.33. The van der Waals surface area contributed by atoms with Crippen molar-refractivity contribution in [2.45, 2.75) is 24.0 Å². The maximum Gasteiger partial charge on any atom is 0.257 e. The highest BCUT2D eigenvalue weighted by Gasteiger charge is 2.14. The summed E-state index contributed by atoms with van der Waals surface area (Å²) in [7, 11) is -3.49. The van der Waals surface area contributed by atoms with Gasteiger partial charge in [-0.05, 0) is 35.6 Å². The summed E-state index contributed by atoms with van der Waals surface area (Å²) in [6.07, 6.45) is 2.10. The molecule has 0 unspecified atom stereocenters. The van der Waals surface area contributed by atoms with Gasteiger partial charge in [-0.15, -0.1) is 11.3 Å². The van der Waals surface area contributed by atoms with E-state index in [9.17, 15) is 13.2 Å². The molecule has 0 aliphatic carbocycles. The Labute approximate surface area is 152 Å². The third-order valence-corrected chi connectivity index (χ3v) is 6.19. The number of carbonyl (C=O) groups is 1. The zero-order chi connectivity index (χ0) is 18.1. The van der Waals surface area contributed by atoms with Gasteiger partial charge in [0.15, 0.2) is 6.61 Å². The minimum atomic E-state index is -3.49. The van der Waals surface area contributed by atoms with Crippen LogP contribution in [-0.4, -0.2) is 34.0 Å². The molecule has 0 radical (unpaired) electrons. The summed E-state index contributed by atoms with van der Waals surface area (Å²) in [5.41, 5.74) is 1.23. The maximum absolute atomic E-state index is 11.9. The molecule has 0 atom stereocenters. The molecule has 2 rings (SSSR count). The molecule has 2 aromatic rings. The van der Waals surface area contributed by atoms with Crippen molar-refractivity contribution in [3.05, 3.63) is 47.3 Å². The lowest BCUT2D eigenvalue weighted by atomic mass is 10.1. The van der Waals surface area contributed by atoms with Crippen molar-refractivity contribution in [2.24, 2.45) is 0 Å². The Bertz CT molecular complexity index is 756. The van der Waals surface area contributed by atoms with Gasteiger partial charge in [0.25, 0.3) is 5.91 Å². The number of aryl methyl sites for hydroxylation is 1. The highest BCUT2D eigenvalue weighted by molar-refractivity contribution is 7.91. The van der Waals surface area contributed by atoms with Crippen LogP contribution < -0.4 is 14.8 Å². The molecule has 8 heteroatoms. The molecule has 0 aliphatic rings. The highest BCUT2D eigenvalue weighted by atomic mass is 32.2. The van der Waals surface area contributed by atoms with E-state index in [1.807, 2.05) is 24.3 Å². The number of hydrogen-bond donors (Lipinski definition) is 2. The van der Waals surface area contributed by atoms with Gasteiger partial charge < -0.3 is 10.1 Å². The SMILES string of the molecule is CCCc1ccc(OCC(=O)NCCNS(=O)(=O)c2cccs2)cc1. The van der Waals surface area contributed by atoms with Gasteiger partial charge in [-0.25, -0.2) is 13.1 Å². The summed E-state index contributed by atoms with van der Waals surface area (Å²) in [6, 6.07) is 10.9. The molecule has 0 saturated heterocycles. The fourth-order valence-electron chi connectivity index (χ4n) is 2.12. The van der Waals surface area contributed by atoms with E-state index < -0.39 is 10.0 Å². The van der Waals surface area contributed by atoms with Gasteiger partial charge in [0.1, 0.15) is 9.96 Å². The summed E-state index contributed by atoms with van der Waals surface area (Å²) < 4.78 is 31.9. The maximum atomic E-state index is 11.9. The second-order valence-electron chi connectivity index (χ2n) is 5.36. The predicted octanol–water partition coefficient (Wildman–Crippen LogP) is 2.17. The molecular formula is C17H22N2O4S2. The van der Waals surface area contributed by atoms with E-state index in [0.29, 0.717) is 5.75 Å². The number of nitrogens with one attached hydrogen (secondary N) is 2. The average Bonchev–Trinajstić information content (AvgIpc) is 3.14. The summed E-state index contributed by atoms with van der Waals surface area (Å²) >= 11 is 1.15. The van der Waals surface area contributed by atoms with Crippen molar-refractivity contribution >= 4 is 27.3 Å². The fraction of sp³-hybridized carbons (Fsp3) is 0.353. The third kappa shape index (κ3) is 6.49. The average molecular weight is 383 g/mol. The highest BCUT2D eigenvalue weighted by Crippen LogP contribution is 2.15. The van der Waals surface area contributed by atoms with E-state index in [1.54, 1.807) is 11.4 Å². The van der Waals surface area contributed by atoms with Crippen LogP contribution >= 0.6 is 11.3 Å². The fourth-order valence-corrected chi connectivity index (χ4v) is 4.19. The molecular weight excluding hydrogens is 360 g/mol. The number of hydrogen-bond acceptors (Lipinski definition) is 5. The van der Waals surface area contributed by atoms with Crippen LogP contribution in [-0.2, 0) is 21.2 Å². The minimum Gasteiger partial charge on any atom is -0.484 e. The Kier molecular flexibility index (Phi) is 7.42. The minimum absolute atomic E-state index is 0.106. The van der Waals surface area contributed by atoms with E-state index in [-0.39, 0.29) is 29.8 Å². The number of ether oxygens (including phenoxy) is 1. The van der Waals surface area contributed by atoms with E-state index in [1.165, 1.54) is 11.6 Å². The Morgan fingerprint density at radius 3 is 2.56 bits per heavy atom. The first-order chi connectivity index (χ1) is 12.0. The zero-order valence-corrected chi connectivity index (χ0v) is 15.7. The lowest BCUT2D eigenvalue weighted by molar-refractivity contribution is -0.123. The first kappa shape index (κ1) is 19.4. The van der Waals surface area contributed by atoms with Gasteiger partial charge in [-0.3, -0.25) is 4.79 Å². The van der Waals surface area contributed by atoms with Crippen LogP contribution in [0.4, 0.5) is 0 Å². The first-order valence-corrected chi connectivity index (χ1v) is 10.4. The van der Waals surface area contributed by atoms with Crippen LogP contribution in [0.1, 0.15) is 18.9 Å². The van der Waals surface area contributed by atoms with Crippen LogP contribution in [0.25, 0.3) is 0 Å². The number of amides is 1. The van der Waals surface area contributed by atoms with Crippen LogP contribution in [0.5, 0.6) is 5.75 Å². The summed E-state index contributed by atoms with van der Waals surface area (Å²) in [4.78, 5) is 11.7. The molecule has 0 fully saturated rings. The van der Waals surface area contributed by atoms with Gasteiger partial charge in [-0.1, -0.05) is 31.5 Å². The van der Waals surface area contributed by atoms with Crippen molar-refractivity contribution in [3.8, 4) is 5.75 Å². The molecule has 0 saturated carbocycles. The molecule has 25 heavy (non-hydrogen) atoms. The van der Waals surface area contributed by atoms with E-state index in [4.69, 9.17) is 4.74 Å². The van der Waals surface area contributed by atoms with Crippen LogP contribution in [0, 0.1) is 0 Å². The standard InChI is InChI=1S/C17H22N2O4S2/c1-2-4-14-6-8-15(9-7-14)23-13-16(20)18-10-11-19-25(21,22)17-5-3-12-24-17/h3,5-9,12,19H,2,4,10-11,13H2,1H3,(H,18,20). The number of sulfonamides is 1. The van der Waals surface area contributed by atoms with Crippen molar-refractivity contribution in [1.29, 1.82) is 0 Å². The van der Waals surface area contributed by atoms with E-state index in [0.717, 1.165) is 24.2 Å². The first-order valence-electron chi connectivity index (χ1n) is 8.03. The van der Waals surface area contributed by atoms with Gasteiger partial charge >= 0.3 is 0 Å². The molecule has 0 bridgehead atoms. The zero-order valence-electron chi connectivity index (χ0n) is 14.0. The number of carbonyl (C=O) groups excluding carboxylic acids is 1. The van der Waals surface area contributed by atoms with Gasteiger partial charge in [-0.2, -0.15) is 0 Å². The Morgan fingerprint density at radius 2 is 1.92 bits per heavy atom. The normalized spacial score (nSPS) is 11.2. The van der Waals surface area contributed by atoms with Crippen molar-refractivity contribution in [2.75, 3.05) is 19.7 Å². The van der Waals surface area contributed by atoms with Gasteiger partial charge in [0.2, 0.25) is 10.0 Å². The topological polar surface area (TPSA) is 84.5 Å². The summed E-state index contributed by atoms with van der Waals surface area (Å²) in [6.45, 7) is 2.33. The second kappa shape index (κ2) is 9.55. The van der Waals surface area contributed by atoms with Crippen molar-refractivity contribution in [3.63, 3.8) is 0 Å². The van der Waals surface area contributed by atoms with E-state index in [2.05, 4.69) is 17.0 Å². The summed E-state index contributed by atoms with van der Waals surface area (Å²) in [5.74, 6) is 0.335. The Morgan fingerprint density at radius 1 is 1.16 bits per heavy atom. The number of thiophene rings is 1. The van der Waals surface area contributed by atoms with Gasteiger partial charge in [0, 0.05) is 13.1 Å². The lowest BCUT2D eigenvalue weighted by Crippen LogP contribution is -2.36. The Hall–Kier alpha value is -1.90. The van der Waals surface area contributed by atoms with Crippen molar-refractivity contribution < 1.29 is 17.9 Å². The molecule has 1 aromatic carbocycles. The largest absolute Gasteiger partial charge is 0.484 e. The molecule has 2 N–H and O–H groups in total. The molecule has 0 spiro atoms. The van der Waals surface area contributed by atoms with Crippen molar-refractivity contribution in [1.82, 2.24) is 10.0 Å². The molecule has 136 valence electrons. The van der Waals surface area contributed by atoms with Gasteiger partial charge in [0.05, 0.1) is 0 Å². The smallest absolute Gasteiger partial charge is 0.257 e. The molecule has 0 aliphatic heterocycles. The van der Waals surface area contributed by atoms with Crippen LogP contribution in [0.2, 0.25) is 0 Å². The van der Waals surface area contributed by atoms with Crippen LogP contribution in [0.3, 0.4) is 0 Å². The Balaban J connectivity index is 1.65. The molecule has 1 heterocycles. The van der Waals surface area contributed by atoms with E-state index >= 15 is 0 Å². The second-order valence-corrected chi connectivity index (χ2v) is 8.30. The molecule has 1 aromatic heterocycles.